The van der Waals surface area contributed by atoms with Crippen LogP contribution in [0.5, 0.6) is 0 Å². The van der Waals surface area contributed by atoms with E-state index in [0.717, 1.165) is 0 Å². The molecule has 0 spiro atoms. The minimum Gasteiger partial charge on any atom is -0.383 e. The number of hydrogen-bond donors (Lipinski definition) is 3. The van der Waals surface area contributed by atoms with Crippen LogP contribution in [0.4, 0.5) is 11.4 Å². The molecule has 5 heteroatoms. The van der Waals surface area contributed by atoms with E-state index in [4.69, 9.17) is 5.21 Å². The van der Waals surface area contributed by atoms with Gasteiger partial charge in [0.1, 0.15) is 11.4 Å². The maximum Gasteiger partial charge on any atom is 0.255 e. The molecule has 3 N–H and O–H groups in total. The molecule has 0 amide bonds. The highest BCUT2D eigenvalue weighted by atomic mass is 16.5. The summed E-state index contributed by atoms with van der Waals surface area (Å²) in [4.78, 5) is 21.0. The smallest absolute Gasteiger partial charge is 0.255 e. The Hall–Kier alpha value is -1.36. The molecule has 0 aliphatic heterocycles. The lowest BCUT2D eigenvalue weighted by atomic mass is 10.2. The molecule has 5 nitrogen and oxygen atoms in total. The summed E-state index contributed by atoms with van der Waals surface area (Å²) >= 11 is 0. The third kappa shape index (κ3) is 0.608. The van der Waals surface area contributed by atoms with E-state index >= 15 is 0 Å². The van der Waals surface area contributed by atoms with Crippen molar-refractivity contribution in [2.24, 2.45) is 0 Å². The van der Waals surface area contributed by atoms with Gasteiger partial charge in [-0.25, -0.2) is 0 Å². The van der Waals surface area contributed by atoms with Crippen LogP contribution < -0.4 is 21.7 Å². The second-order valence-corrected chi connectivity index (χ2v) is 1.77. The van der Waals surface area contributed by atoms with Crippen LogP contribution in [0.1, 0.15) is 0 Å². The number of nitrogens with one attached hydrogen (secondary N) is 2. The highest BCUT2D eigenvalue weighted by molar-refractivity contribution is 5.72. The lowest BCUT2D eigenvalue weighted by Gasteiger charge is -2.06. The van der Waals surface area contributed by atoms with Crippen LogP contribution in [-0.2, 0) is 0 Å². The number of hydrogen-bond acceptors (Lipinski definition) is 5. The van der Waals surface area contributed by atoms with Crippen LogP contribution in [0.25, 0.3) is 0 Å². The lowest BCUT2D eigenvalue weighted by Crippen LogP contribution is -2.36. The molecule has 0 bridgehead atoms. The Kier molecular flexibility index (Phi) is 1.42. The maximum absolute atomic E-state index is 10.5. The highest BCUT2D eigenvalue weighted by Crippen LogP contribution is 2.10. The summed E-state index contributed by atoms with van der Waals surface area (Å²) in [5, 5.41) is 10.7. The fraction of sp³-hybridized carbons (Fsp3) is 0.200. The molecule has 0 fully saturated rings. The summed E-state index contributed by atoms with van der Waals surface area (Å²) in [5.41, 5.74) is 0.413. The molecule has 0 saturated carbocycles. The van der Waals surface area contributed by atoms with Crippen LogP contribution in [-0.4, -0.2) is 12.3 Å². The standard InChI is InChI=1S/C5H6N2O3/c1-6-2-3(7-10)5(9)4(2)8/h6-7,10H,1H3. The molecule has 1 rings (SSSR count). The first kappa shape index (κ1) is 6.76. The van der Waals surface area contributed by atoms with Gasteiger partial charge in [0, 0.05) is 7.05 Å². The Labute approximate surface area is 55.9 Å². The maximum atomic E-state index is 10.5. The van der Waals surface area contributed by atoms with E-state index in [1.54, 1.807) is 5.48 Å². The third-order valence-electron chi connectivity index (χ3n) is 1.27. The Balaban J connectivity index is 3.16. The van der Waals surface area contributed by atoms with Crippen LogP contribution in [0.15, 0.2) is 9.59 Å². The monoisotopic (exact) mass is 142 g/mol. The molecule has 10 heavy (non-hydrogen) atoms. The van der Waals surface area contributed by atoms with Crippen molar-refractivity contribution in [3.05, 3.63) is 20.4 Å². The fourth-order valence-electron chi connectivity index (χ4n) is 0.737. The summed E-state index contributed by atoms with van der Waals surface area (Å²) in [6, 6.07) is 0. The molecule has 0 aromatic heterocycles. The fourth-order valence-corrected chi connectivity index (χ4v) is 0.737. The minimum atomic E-state index is -0.688. The number of anilines is 2. The molecule has 1 aromatic carbocycles. The Morgan fingerprint density at radius 3 is 2.00 bits per heavy atom. The molecule has 54 valence electrons. The van der Waals surface area contributed by atoms with E-state index < -0.39 is 10.9 Å². The summed E-state index contributed by atoms with van der Waals surface area (Å²) < 4.78 is 0. The molecule has 0 unspecified atom stereocenters. The van der Waals surface area contributed by atoms with Gasteiger partial charge in [-0.1, -0.05) is 0 Å². The van der Waals surface area contributed by atoms with Gasteiger partial charge in [-0.15, -0.1) is 0 Å². The first-order valence-corrected chi connectivity index (χ1v) is 2.63. The largest absolute Gasteiger partial charge is 0.383 e. The van der Waals surface area contributed by atoms with E-state index in [1.165, 1.54) is 7.05 Å². The van der Waals surface area contributed by atoms with Gasteiger partial charge < -0.3 is 5.32 Å². The van der Waals surface area contributed by atoms with Crippen molar-refractivity contribution in [1.29, 1.82) is 0 Å². The van der Waals surface area contributed by atoms with Crippen molar-refractivity contribution in [3.63, 3.8) is 0 Å². The van der Waals surface area contributed by atoms with Gasteiger partial charge >= 0.3 is 0 Å². The summed E-state index contributed by atoms with van der Waals surface area (Å²) in [6.45, 7) is 0. The zero-order valence-electron chi connectivity index (χ0n) is 5.26. The van der Waals surface area contributed by atoms with Gasteiger partial charge in [0.25, 0.3) is 10.9 Å². The van der Waals surface area contributed by atoms with E-state index in [0.29, 0.717) is 0 Å². The molecular weight excluding hydrogens is 136 g/mol. The van der Waals surface area contributed by atoms with Crippen molar-refractivity contribution in [2.45, 2.75) is 0 Å². The minimum absolute atomic E-state index is 0.0625. The van der Waals surface area contributed by atoms with Crippen molar-refractivity contribution in [1.82, 2.24) is 0 Å². The van der Waals surface area contributed by atoms with E-state index in [9.17, 15) is 9.59 Å². The quantitative estimate of drug-likeness (QED) is 0.369. The highest BCUT2D eigenvalue weighted by Gasteiger charge is 2.18. The van der Waals surface area contributed by atoms with Crippen LogP contribution in [0.2, 0.25) is 0 Å². The normalized spacial score (nSPS) is 9.80. The average Bonchev–Trinajstić information content (AvgIpc) is 1.97. The average molecular weight is 142 g/mol. The van der Waals surface area contributed by atoms with Gasteiger partial charge in [0.05, 0.1) is 0 Å². The molecule has 0 saturated heterocycles. The molecule has 0 atom stereocenters. The van der Waals surface area contributed by atoms with Gasteiger partial charge in [0.15, 0.2) is 0 Å². The molecule has 0 aliphatic carbocycles. The Morgan fingerprint density at radius 2 is 1.70 bits per heavy atom. The van der Waals surface area contributed by atoms with Crippen LogP contribution in [0.3, 0.4) is 0 Å². The van der Waals surface area contributed by atoms with E-state index in [-0.39, 0.29) is 11.4 Å². The van der Waals surface area contributed by atoms with Gasteiger partial charge in [-0.05, 0) is 0 Å². The molecule has 0 radical (unpaired) electrons. The van der Waals surface area contributed by atoms with Crippen molar-refractivity contribution in [2.75, 3.05) is 17.8 Å². The summed E-state index contributed by atoms with van der Waals surface area (Å²) in [7, 11) is 1.50. The topological polar surface area (TPSA) is 78.4 Å². The lowest BCUT2D eigenvalue weighted by molar-refractivity contribution is 0.388. The predicted octanol–water partition coefficient (Wildman–Crippen LogP) is -0.875. The Morgan fingerprint density at radius 1 is 1.20 bits per heavy atom. The van der Waals surface area contributed by atoms with Gasteiger partial charge in [0.2, 0.25) is 0 Å². The zero-order chi connectivity index (χ0) is 7.72. The zero-order valence-corrected chi connectivity index (χ0v) is 5.26. The predicted molar refractivity (Wildman–Crippen MR) is 36.3 cm³/mol. The first-order valence-electron chi connectivity index (χ1n) is 2.63. The number of rotatable bonds is 2. The van der Waals surface area contributed by atoms with Crippen molar-refractivity contribution < 1.29 is 5.21 Å². The van der Waals surface area contributed by atoms with E-state index in [1.807, 2.05) is 0 Å². The van der Waals surface area contributed by atoms with Crippen molar-refractivity contribution >= 4 is 11.4 Å². The second kappa shape index (κ2) is 2.11. The molecule has 0 aliphatic rings. The second-order valence-electron chi connectivity index (χ2n) is 1.77. The van der Waals surface area contributed by atoms with Crippen LogP contribution >= 0.6 is 0 Å². The molecule has 0 heterocycles. The summed E-state index contributed by atoms with van der Waals surface area (Å²) in [6.07, 6.45) is 0. The van der Waals surface area contributed by atoms with Gasteiger partial charge in [-0.3, -0.25) is 20.3 Å². The van der Waals surface area contributed by atoms with E-state index in [2.05, 4.69) is 5.32 Å². The molecule has 1 aromatic rings. The summed E-state index contributed by atoms with van der Waals surface area (Å²) in [5.74, 6) is 0. The van der Waals surface area contributed by atoms with Crippen molar-refractivity contribution in [3.8, 4) is 0 Å². The third-order valence-corrected chi connectivity index (χ3v) is 1.27. The molecular formula is C5H6N2O3. The Bertz CT molecular complexity index is 279. The first-order chi connectivity index (χ1) is 4.72. The SMILES string of the molecule is CNc1c(NO)c(=O)c1=O. The van der Waals surface area contributed by atoms with Gasteiger partial charge in [-0.2, -0.15) is 0 Å². The van der Waals surface area contributed by atoms with Crippen LogP contribution in [0, 0.1) is 0 Å².